The van der Waals surface area contributed by atoms with Crippen LogP contribution >= 0.6 is 11.6 Å². The van der Waals surface area contributed by atoms with E-state index >= 15 is 0 Å². The molecular weight excluding hydrogens is 483 g/mol. The number of pyridine rings is 1. The molecule has 35 heavy (non-hydrogen) atoms. The number of aromatic nitrogens is 5. The molecule has 11 nitrogen and oxygen atoms in total. The Bertz CT molecular complexity index is 1250. The first-order valence-corrected chi connectivity index (χ1v) is 11.0. The Labute approximate surface area is 204 Å². The zero-order valence-electron chi connectivity index (χ0n) is 19.1. The maximum absolute atomic E-state index is 13.9. The highest BCUT2D eigenvalue weighted by molar-refractivity contribution is 6.30. The Balaban J connectivity index is 1.46. The number of carboxylic acid groups (broad SMARTS) is 1. The zero-order valence-corrected chi connectivity index (χ0v) is 19.8. The van der Waals surface area contributed by atoms with Crippen molar-refractivity contribution in [3.05, 3.63) is 47.4 Å². The number of amides is 1. The second-order valence-corrected chi connectivity index (χ2v) is 9.31. The highest BCUT2D eigenvalue weighted by Gasteiger charge is 2.43. The first-order valence-electron chi connectivity index (χ1n) is 10.6. The van der Waals surface area contributed by atoms with Crippen LogP contribution in [0.3, 0.4) is 0 Å². The minimum atomic E-state index is -1.14. The molecule has 0 radical (unpaired) electrons. The molecule has 0 spiro atoms. The highest BCUT2D eigenvalue weighted by atomic mass is 35.5. The van der Waals surface area contributed by atoms with Crippen LogP contribution in [0.15, 0.2) is 36.5 Å². The number of halogens is 2. The van der Waals surface area contributed by atoms with E-state index < -0.39 is 35.6 Å². The summed E-state index contributed by atoms with van der Waals surface area (Å²) in [6.45, 7) is 5.18. The van der Waals surface area contributed by atoms with Gasteiger partial charge < -0.3 is 14.6 Å². The van der Waals surface area contributed by atoms with E-state index in [-0.39, 0.29) is 29.7 Å². The predicted octanol–water partition coefficient (Wildman–Crippen LogP) is 3.96. The molecule has 0 saturated carbocycles. The van der Waals surface area contributed by atoms with Gasteiger partial charge in [-0.1, -0.05) is 11.6 Å². The number of hydrogen-bond donors (Lipinski definition) is 1. The summed E-state index contributed by atoms with van der Waals surface area (Å²) in [4.78, 5) is 30.5. The van der Waals surface area contributed by atoms with Crippen LogP contribution in [0.1, 0.15) is 33.2 Å². The van der Waals surface area contributed by atoms with Crippen molar-refractivity contribution < 1.29 is 28.6 Å². The zero-order chi connectivity index (χ0) is 25.3. The quantitative estimate of drug-likeness (QED) is 0.548. The van der Waals surface area contributed by atoms with Crippen molar-refractivity contribution in [2.24, 2.45) is 0 Å². The van der Waals surface area contributed by atoms with Crippen LogP contribution in [0.25, 0.3) is 11.4 Å². The summed E-state index contributed by atoms with van der Waals surface area (Å²) in [5.41, 5.74) is -0.160. The number of nitrogens with zero attached hydrogens (tertiary/aromatic N) is 6. The van der Waals surface area contributed by atoms with Crippen LogP contribution in [0.5, 0.6) is 11.6 Å². The van der Waals surface area contributed by atoms with Gasteiger partial charge in [-0.15, -0.1) is 10.2 Å². The van der Waals surface area contributed by atoms with Gasteiger partial charge >= 0.3 is 12.1 Å². The first-order chi connectivity index (χ1) is 16.5. The third-order valence-corrected chi connectivity index (χ3v) is 5.25. The largest absolute Gasteiger partial charge is 0.480 e. The molecule has 2 aromatic heterocycles. The van der Waals surface area contributed by atoms with E-state index in [0.717, 1.165) is 11.0 Å². The average molecular weight is 505 g/mol. The number of benzene rings is 1. The molecule has 0 bridgehead atoms. The van der Waals surface area contributed by atoms with Gasteiger partial charge in [-0.05, 0) is 56.3 Å². The summed E-state index contributed by atoms with van der Waals surface area (Å²) in [6.07, 6.45) is 0.671. The maximum atomic E-state index is 13.9. The molecule has 4 rings (SSSR count). The second-order valence-electron chi connectivity index (χ2n) is 8.88. The van der Waals surface area contributed by atoms with Crippen LogP contribution in [-0.2, 0) is 9.53 Å². The lowest BCUT2D eigenvalue weighted by Gasteiger charge is -2.26. The van der Waals surface area contributed by atoms with Crippen LogP contribution in [0, 0.1) is 5.82 Å². The van der Waals surface area contributed by atoms with Crippen molar-refractivity contribution in [1.82, 2.24) is 30.1 Å². The number of carboxylic acids is 1. The van der Waals surface area contributed by atoms with Gasteiger partial charge in [-0.3, -0.25) is 4.90 Å². The molecule has 1 fully saturated rings. The van der Waals surface area contributed by atoms with Crippen LogP contribution in [0.2, 0.25) is 5.02 Å². The fraction of sp³-hybridized carbons (Fsp3) is 0.364. The van der Waals surface area contributed by atoms with Gasteiger partial charge in [0.05, 0.1) is 11.1 Å². The van der Waals surface area contributed by atoms with Crippen LogP contribution < -0.4 is 4.74 Å². The highest BCUT2D eigenvalue weighted by Crippen LogP contribution is 2.30. The Kier molecular flexibility index (Phi) is 6.57. The molecule has 1 aromatic carbocycles. The van der Waals surface area contributed by atoms with E-state index in [4.69, 9.17) is 21.1 Å². The molecule has 3 heterocycles. The number of carbonyl (C=O) groups is 2. The molecule has 2 atom stereocenters. The van der Waals surface area contributed by atoms with Crippen LogP contribution in [0.4, 0.5) is 9.18 Å². The summed E-state index contributed by atoms with van der Waals surface area (Å²) in [5, 5.41) is 22.2. The van der Waals surface area contributed by atoms with Gasteiger partial charge in [0, 0.05) is 24.7 Å². The van der Waals surface area contributed by atoms with Crippen molar-refractivity contribution in [2.45, 2.75) is 44.9 Å². The number of hydrogen-bond acceptors (Lipinski definition) is 8. The number of rotatable bonds is 5. The third kappa shape index (κ3) is 5.65. The minimum absolute atomic E-state index is 0.0636. The molecule has 2 unspecified atom stereocenters. The van der Waals surface area contributed by atoms with Crippen molar-refractivity contribution in [2.75, 3.05) is 6.54 Å². The first kappa shape index (κ1) is 24.3. The smallest absolute Gasteiger partial charge is 0.411 e. The Morgan fingerprint density at radius 3 is 2.57 bits per heavy atom. The summed E-state index contributed by atoms with van der Waals surface area (Å²) in [5.74, 6) is -1.42. The number of likely N-dealkylation sites (tertiary alicyclic amines) is 1. The van der Waals surface area contributed by atoms with E-state index in [2.05, 4.69) is 20.4 Å². The SMILES string of the molecule is CC(C)(C)OC(=O)N1CC(n2nnc(-c3ccc(Oc4ncc(Cl)cc4F)cc3)n2)CC1C(=O)O. The third-order valence-electron chi connectivity index (χ3n) is 5.05. The molecular formula is C22H22ClFN6O5. The molecule has 1 saturated heterocycles. The lowest BCUT2D eigenvalue weighted by Crippen LogP contribution is -2.43. The summed E-state index contributed by atoms with van der Waals surface area (Å²) < 4.78 is 24.7. The van der Waals surface area contributed by atoms with E-state index in [1.807, 2.05) is 0 Å². The summed E-state index contributed by atoms with van der Waals surface area (Å²) in [6, 6.07) is 6.03. The van der Waals surface area contributed by atoms with Gasteiger partial charge in [0.1, 0.15) is 17.4 Å². The maximum Gasteiger partial charge on any atom is 0.411 e. The number of aliphatic carboxylic acids is 1. The lowest BCUT2D eigenvalue weighted by atomic mass is 10.2. The van der Waals surface area contributed by atoms with Crippen molar-refractivity contribution in [1.29, 1.82) is 0 Å². The van der Waals surface area contributed by atoms with E-state index in [9.17, 15) is 19.1 Å². The molecule has 1 aliphatic rings. The number of ether oxygens (including phenoxy) is 2. The molecule has 0 aliphatic carbocycles. The topological polar surface area (TPSA) is 133 Å². The van der Waals surface area contributed by atoms with Gasteiger partial charge in [-0.25, -0.2) is 19.0 Å². The molecule has 13 heteroatoms. The van der Waals surface area contributed by atoms with E-state index in [1.54, 1.807) is 45.0 Å². The fourth-order valence-electron chi connectivity index (χ4n) is 3.49. The Hall–Kier alpha value is -3.80. The second kappa shape index (κ2) is 9.45. The van der Waals surface area contributed by atoms with Gasteiger partial charge in [0.25, 0.3) is 5.88 Å². The monoisotopic (exact) mass is 504 g/mol. The fourth-order valence-corrected chi connectivity index (χ4v) is 3.64. The van der Waals surface area contributed by atoms with E-state index in [1.165, 1.54) is 11.0 Å². The Morgan fingerprint density at radius 2 is 1.94 bits per heavy atom. The van der Waals surface area contributed by atoms with Gasteiger partial charge in [0.2, 0.25) is 5.82 Å². The van der Waals surface area contributed by atoms with Gasteiger partial charge in [0.15, 0.2) is 5.82 Å². The van der Waals surface area contributed by atoms with E-state index in [0.29, 0.717) is 11.3 Å². The average Bonchev–Trinajstić information content (AvgIpc) is 3.43. The van der Waals surface area contributed by atoms with Crippen molar-refractivity contribution in [3.8, 4) is 23.0 Å². The predicted molar refractivity (Wildman–Crippen MR) is 121 cm³/mol. The van der Waals surface area contributed by atoms with Crippen molar-refractivity contribution >= 4 is 23.7 Å². The molecule has 1 aliphatic heterocycles. The summed E-state index contributed by atoms with van der Waals surface area (Å²) >= 11 is 5.70. The normalized spacial score (nSPS) is 17.9. The number of carbonyl (C=O) groups excluding carboxylic acids is 1. The van der Waals surface area contributed by atoms with Gasteiger partial charge in [-0.2, -0.15) is 4.80 Å². The van der Waals surface area contributed by atoms with Crippen LogP contribution in [-0.4, -0.2) is 65.4 Å². The minimum Gasteiger partial charge on any atom is -0.480 e. The molecule has 1 N–H and O–H groups in total. The summed E-state index contributed by atoms with van der Waals surface area (Å²) in [7, 11) is 0. The van der Waals surface area contributed by atoms with Crippen molar-refractivity contribution in [3.63, 3.8) is 0 Å². The molecule has 184 valence electrons. The Morgan fingerprint density at radius 1 is 1.23 bits per heavy atom. The lowest BCUT2D eigenvalue weighted by molar-refractivity contribution is -0.142. The molecule has 1 amide bonds. The molecule has 3 aromatic rings. The number of tetrazole rings is 1. The standard InChI is InChI=1S/C22H22ClFN6O5/c1-22(2,3)35-21(33)29-11-14(9-17(29)20(31)32)30-27-18(26-28-30)12-4-6-15(7-5-12)34-19-16(24)8-13(23)10-25-19/h4-8,10,14,17H,9,11H2,1-3H3,(H,31,32).